The highest BCUT2D eigenvalue weighted by atomic mass is 16.5. The van der Waals surface area contributed by atoms with Gasteiger partial charge in [-0.25, -0.2) is 0 Å². The van der Waals surface area contributed by atoms with Crippen molar-refractivity contribution in [1.29, 1.82) is 0 Å². The number of carbonyl (C=O) groups is 3. The first-order valence-corrected chi connectivity index (χ1v) is 5.53. The molecule has 94 valence electrons. The SMILES string of the molecule is COC(=O)C(C)C(C)C(C)N1C(=O)C=CC1=O. The smallest absolute Gasteiger partial charge is 0.308 e. The number of imide groups is 1. The van der Waals surface area contributed by atoms with E-state index in [1.54, 1.807) is 13.8 Å². The molecule has 0 aromatic carbocycles. The second kappa shape index (κ2) is 5.12. The van der Waals surface area contributed by atoms with Crippen molar-refractivity contribution in [3.63, 3.8) is 0 Å². The minimum absolute atomic E-state index is 0.157. The van der Waals surface area contributed by atoms with Crippen LogP contribution in [-0.2, 0) is 19.1 Å². The molecule has 1 aliphatic rings. The number of rotatable bonds is 4. The van der Waals surface area contributed by atoms with E-state index >= 15 is 0 Å². The van der Waals surface area contributed by atoms with Gasteiger partial charge in [-0.05, 0) is 12.8 Å². The molecule has 0 N–H and O–H groups in total. The summed E-state index contributed by atoms with van der Waals surface area (Å²) >= 11 is 0. The molecule has 0 aliphatic carbocycles. The monoisotopic (exact) mass is 239 g/mol. The van der Waals surface area contributed by atoms with Crippen LogP contribution in [-0.4, -0.2) is 35.8 Å². The molecule has 0 aromatic heterocycles. The Balaban J connectivity index is 2.76. The third-order valence-corrected chi connectivity index (χ3v) is 3.37. The molecule has 0 fully saturated rings. The molecule has 1 heterocycles. The summed E-state index contributed by atoms with van der Waals surface area (Å²) in [5, 5.41) is 0. The van der Waals surface area contributed by atoms with E-state index in [-0.39, 0.29) is 35.7 Å². The van der Waals surface area contributed by atoms with Gasteiger partial charge in [0.15, 0.2) is 0 Å². The van der Waals surface area contributed by atoms with E-state index in [1.165, 1.54) is 24.2 Å². The van der Waals surface area contributed by atoms with Gasteiger partial charge in [0.2, 0.25) is 0 Å². The largest absolute Gasteiger partial charge is 0.469 e. The van der Waals surface area contributed by atoms with Crippen molar-refractivity contribution in [2.75, 3.05) is 7.11 Å². The van der Waals surface area contributed by atoms with Gasteiger partial charge < -0.3 is 4.74 Å². The van der Waals surface area contributed by atoms with Crippen LogP contribution in [0.4, 0.5) is 0 Å². The highest BCUT2D eigenvalue weighted by Gasteiger charge is 2.35. The number of hydrogen-bond donors (Lipinski definition) is 0. The molecular formula is C12H17NO4. The van der Waals surface area contributed by atoms with Crippen molar-refractivity contribution in [1.82, 2.24) is 4.90 Å². The molecular weight excluding hydrogens is 222 g/mol. The fraction of sp³-hybridized carbons (Fsp3) is 0.583. The first kappa shape index (κ1) is 13.4. The van der Waals surface area contributed by atoms with Gasteiger partial charge in [0.1, 0.15) is 0 Å². The summed E-state index contributed by atoms with van der Waals surface area (Å²) in [6.07, 6.45) is 2.49. The Kier molecular flexibility index (Phi) is 4.04. The number of nitrogens with zero attached hydrogens (tertiary/aromatic N) is 1. The van der Waals surface area contributed by atoms with Gasteiger partial charge >= 0.3 is 5.97 Å². The van der Waals surface area contributed by atoms with Gasteiger partial charge in [0.05, 0.1) is 13.0 Å². The zero-order valence-corrected chi connectivity index (χ0v) is 10.5. The Morgan fingerprint density at radius 2 is 1.65 bits per heavy atom. The summed E-state index contributed by atoms with van der Waals surface area (Å²) in [6.45, 7) is 5.31. The number of esters is 1. The van der Waals surface area contributed by atoms with Crippen molar-refractivity contribution < 1.29 is 19.1 Å². The number of methoxy groups -OCH3 is 1. The average molecular weight is 239 g/mol. The maximum atomic E-state index is 11.5. The van der Waals surface area contributed by atoms with Gasteiger partial charge in [0, 0.05) is 18.2 Å². The van der Waals surface area contributed by atoms with Gasteiger partial charge in [0.25, 0.3) is 11.8 Å². The van der Waals surface area contributed by atoms with Crippen LogP contribution in [0.2, 0.25) is 0 Å². The van der Waals surface area contributed by atoms with Crippen LogP contribution in [0.1, 0.15) is 20.8 Å². The van der Waals surface area contributed by atoms with Crippen LogP contribution in [0, 0.1) is 11.8 Å². The quantitative estimate of drug-likeness (QED) is 0.536. The van der Waals surface area contributed by atoms with E-state index in [1.807, 2.05) is 6.92 Å². The van der Waals surface area contributed by atoms with Crippen molar-refractivity contribution >= 4 is 17.8 Å². The zero-order valence-electron chi connectivity index (χ0n) is 10.5. The average Bonchev–Trinajstić information content (AvgIpc) is 2.65. The predicted octanol–water partition coefficient (Wildman–Crippen LogP) is 0.745. The zero-order chi connectivity index (χ0) is 13.2. The molecule has 0 bridgehead atoms. The van der Waals surface area contributed by atoms with Crippen molar-refractivity contribution in [3.05, 3.63) is 12.2 Å². The van der Waals surface area contributed by atoms with Gasteiger partial charge in [-0.2, -0.15) is 0 Å². The minimum Gasteiger partial charge on any atom is -0.469 e. The Bertz CT molecular complexity index is 357. The lowest BCUT2D eigenvalue weighted by Crippen LogP contribution is -2.44. The van der Waals surface area contributed by atoms with E-state index in [0.717, 1.165) is 0 Å². The fourth-order valence-electron chi connectivity index (χ4n) is 1.87. The van der Waals surface area contributed by atoms with Gasteiger partial charge in [-0.15, -0.1) is 0 Å². The molecule has 0 saturated carbocycles. The summed E-state index contributed by atoms with van der Waals surface area (Å²) in [4.78, 5) is 35.6. The fourth-order valence-corrected chi connectivity index (χ4v) is 1.87. The lowest BCUT2D eigenvalue weighted by Gasteiger charge is -2.30. The van der Waals surface area contributed by atoms with E-state index in [9.17, 15) is 14.4 Å². The molecule has 1 aliphatic heterocycles. The highest BCUT2D eigenvalue weighted by Crippen LogP contribution is 2.23. The first-order chi connectivity index (χ1) is 7.90. The van der Waals surface area contributed by atoms with Crippen LogP contribution >= 0.6 is 0 Å². The van der Waals surface area contributed by atoms with E-state index in [4.69, 9.17) is 0 Å². The van der Waals surface area contributed by atoms with Gasteiger partial charge in [-0.1, -0.05) is 13.8 Å². The summed E-state index contributed by atoms with van der Waals surface area (Å²) in [6, 6.07) is -0.334. The summed E-state index contributed by atoms with van der Waals surface area (Å²) in [5.74, 6) is -1.51. The predicted molar refractivity (Wildman–Crippen MR) is 60.8 cm³/mol. The normalized spacial score (nSPS) is 20.4. The van der Waals surface area contributed by atoms with E-state index in [2.05, 4.69) is 4.74 Å². The maximum Gasteiger partial charge on any atom is 0.308 e. The van der Waals surface area contributed by atoms with Crippen LogP contribution < -0.4 is 0 Å². The Labute approximate surface area is 100 Å². The Morgan fingerprint density at radius 1 is 1.18 bits per heavy atom. The number of ether oxygens (including phenoxy) is 1. The third kappa shape index (κ3) is 2.54. The maximum absolute atomic E-state index is 11.5. The minimum atomic E-state index is -0.365. The summed E-state index contributed by atoms with van der Waals surface area (Å²) in [7, 11) is 1.32. The summed E-state index contributed by atoms with van der Waals surface area (Å²) < 4.78 is 4.66. The van der Waals surface area contributed by atoms with E-state index in [0.29, 0.717) is 0 Å². The van der Waals surface area contributed by atoms with Crippen molar-refractivity contribution in [2.45, 2.75) is 26.8 Å². The topological polar surface area (TPSA) is 63.7 Å². The van der Waals surface area contributed by atoms with E-state index < -0.39 is 0 Å². The molecule has 3 atom stereocenters. The molecule has 0 aromatic rings. The Hall–Kier alpha value is -1.65. The lowest BCUT2D eigenvalue weighted by molar-refractivity contribution is -0.150. The molecule has 0 spiro atoms. The van der Waals surface area contributed by atoms with Crippen LogP contribution in [0.25, 0.3) is 0 Å². The number of carbonyl (C=O) groups excluding carboxylic acids is 3. The van der Waals surface area contributed by atoms with Crippen molar-refractivity contribution in [2.24, 2.45) is 11.8 Å². The van der Waals surface area contributed by atoms with Gasteiger partial charge in [-0.3, -0.25) is 19.3 Å². The summed E-state index contributed by atoms with van der Waals surface area (Å²) in [5.41, 5.74) is 0. The molecule has 3 unspecified atom stereocenters. The lowest BCUT2D eigenvalue weighted by atomic mass is 9.89. The second-order valence-corrected chi connectivity index (χ2v) is 4.29. The molecule has 2 amide bonds. The van der Waals surface area contributed by atoms with Crippen molar-refractivity contribution in [3.8, 4) is 0 Å². The van der Waals surface area contributed by atoms with Crippen LogP contribution in [0.5, 0.6) is 0 Å². The number of amides is 2. The molecule has 5 nitrogen and oxygen atoms in total. The van der Waals surface area contributed by atoms with Crippen LogP contribution in [0.15, 0.2) is 12.2 Å². The first-order valence-electron chi connectivity index (χ1n) is 5.53. The molecule has 5 heteroatoms. The molecule has 0 radical (unpaired) electrons. The Morgan fingerprint density at radius 3 is 2.06 bits per heavy atom. The molecule has 1 rings (SSSR count). The standard InChI is InChI=1S/C12H17NO4/c1-7(8(2)12(16)17-4)9(3)13-10(14)5-6-11(13)15/h5-9H,1-4H3. The molecule has 17 heavy (non-hydrogen) atoms. The third-order valence-electron chi connectivity index (χ3n) is 3.37. The highest BCUT2D eigenvalue weighted by molar-refractivity contribution is 6.13. The van der Waals surface area contributed by atoms with Crippen LogP contribution in [0.3, 0.4) is 0 Å². The molecule has 0 saturated heterocycles. The number of hydrogen-bond acceptors (Lipinski definition) is 4. The second-order valence-electron chi connectivity index (χ2n) is 4.29.